The molecular weight excluding hydrogens is 307 g/mol. The molecule has 4 nitrogen and oxygen atoms in total. The van der Waals surface area contributed by atoms with Crippen LogP contribution < -0.4 is 5.32 Å². The smallest absolute Gasteiger partial charge is 0.234 e. The summed E-state index contributed by atoms with van der Waals surface area (Å²) in [5, 5.41) is 11.9. The van der Waals surface area contributed by atoms with Crippen LogP contribution in [0.2, 0.25) is 0 Å². The quantitative estimate of drug-likeness (QED) is 0.782. The van der Waals surface area contributed by atoms with Gasteiger partial charge in [0.05, 0.1) is 13.2 Å². The number of halogens is 1. The van der Waals surface area contributed by atoms with Crippen LogP contribution in [0.15, 0.2) is 48.5 Å². The minimum atomic E-state index is -0.283. The lowest BCUT2D eigenvalue weighted by Gasteiger charge is -2.20. The van der Waals surface area contributed by atoms with Crippen molar-refractivity contribution in [3.05, 3.63) is 71.0 Å². The summed E-state index contributed by atoms with van der Waals surface area (Å²) in [6.07, 6.45) is 0. The van der Waals surface area contributed by atoms with Crippen LogP contribution in [0, 0.1) is 5.82 Å². The Morgan fingerprint density at radius 2 is 1.62 bits per heavy atom. The van der Waals surface area contributed by atoms with Crippen LogP contribution >= 0.6 is 0 Å². The molecule has 0 heterocycles. The summed E-state index contributed by atoms with van der Waals surface area (Å²) in [4.78, 5) is 14.1. The van der Waals surface area contributed by atoms with Crippen LogP contribution in [-0.4, -0.2) is 29.0 Å². The van der Waals surface area contributed by atoms with Gasteiger partial charge < -0.3 is 10.4 Å². The molecule has 0 atom stereocenters. The highest BCUT2D eigenvalue weighted by molar-refractivity contribution is 5.78. The number of aliphatic hydroxyl groups excluding tert-OH is 1. The second-order valence-corrected chi connectivity index (χ2v) is 5.68. The standard InChI is InChI=1S/C19H23FN2O2/c1-2-22(12-16-3-5-17(14-23)6-4-16)13-19(24)21-11-15-7-9-18(20)10-8-15/h3-10,23H,2,11-14H2,1H3,(H,21,24). The van der Waals surface area contributed by atoms with Gasteiger partial charge in [-0.2, -0.15) is 0 Å². The molecule has 0 saturated heterocycles. The zero-order valence-electron chi connectivity index (χ0n) is 13.8. The summed E-state index contributed by atoms with van der Waals surface area (Å²) in [5.74, 6) is -0.345. The van der Waals surface area contributed by atoms with Crippen LogP contribution in [0.4, 0.5) is 4.39 Å². The van der Waals surface area contributed by atoms with E-state index in [4.69, 9.17) is 5.11 Å². The number of amides is 1. The van der Waals surface area contributed by atoms with Gasteiger partial charge in [0.15, 0.2) is 0 Å². The molecular formula is C19H23FN2O2. The largest absolute Gasteiger partial charge is 0.392 e. The van der Waals surface area contributed by atoms with Crippen LogP contribution in [0.3, 0.4) is 0 Å². The lowest BCUT2D eigenvalue weighted by Crippen LogP contribution is -2.36. The molecule has 2 N–H and O–H groups in total. The van der Waals surface area contributed by atoms with Gasteiger partial charge in [0.2, 0.25) is 5.91 Å². The zero-order chi connectivity index (χ0) is 17.4. The minimum Gasteiger partial charge on any atom is -0.392 e. The molecule has 0 aromatic heterocycles. The van der Waals surface area contributed by atoms with E-state index in [1.54, 1.807) is 12.1 Å². The molecule has 5 heteroatoms. The number of hydrogen-bond acceptors (Lipinski definition) is 3. The van der Waals surface area contributed by atoms with Crippen LogP contribution in [0.1, 0.15) is 23.6 Å². The number of likely N-dealkylation sites (N-methyl/N-ethyl adjacent to an activating group) is 1. The van der Waals surface area contributed by atoms with Crippen molar-refractivity contribution >= 4 is 5.91 Å². The number of nitrogens with one attached hydrogen (secondary N) is 1. The van der Waals surface area contributed by atoms with Gasteiger partial charge in [0.1, 0.15) is 5.82 Å². The SMILES string of the molecule is CCN(CC(=O)NCc1ccc(F)cc1)Cc1ccc(CO)cc1. The Hall–Kier alpha value is -2.24. The zero-order valence-corrected chi connectivity index (χ0v) is 13.8. The number of carbonyl (C=O) groups is 1. The van der Waals surface area contributed by atoms with Crippen molar-refractivity contribution in [2.75, 3.05) is 13.1 Å². The number of carbonyl (C=O) groups excluding carboxylic acids is 1. The third-order valence-electron chi connectivity index (χ3n) is 3.83. The summed E-state index contributed by atoms with van der Waals surface area (Å²) in [6, 6.07) is 13.8. The molecule has 0 unspecified atom stereocenters. The number of nitrogens with zero attached hydrogens (tertiary/aromatic N) is 1. The van der Waals surface area contributed by atoms with Gasteiger partial charge in [-0.25, -0.2) is 4.39 Å². The molecule has 128 valence electrons. The molecule has 0 saturated carbocycles. The summed E-state index contributed by atoms with van der Waals surface area (Å²) in [6.45, 7) is 4.16. The summed E-state index contributed by atoms with van der Waals surface area (Å²) < 4.78 is 12.9. The molecule has 0 spiro atoms. The highest BCUT2D eigenvalue weighted by Crippen LogP contribution is 2.08. The number of aliphatic hydroxyl groups is 1. The van der Waals surface area contributed by atoms with Gasteiger partial charge >= 0.3 is 0 Å². The minimum absolute atomic E-state index is 0.0313. The van der Waals surface area contributed by atoms with E-state index in [1.165, 1.54) is 12.1 Å². The van der Waals surface area contributed by atoms with Gasteiger partial charge in [0, 0.05) is 13.1 Å². The molecule has 1 amide bonds. The Labute approximate surface area is 141 Å². The van der Waals surface area contributed by atoms with Crippen LogP contribution in [0.5, 0.6) is 0 Å². The van der Waals surface area contributed by atoms with Crippen molar-refractivity contribution in [3.8, 4) is 0 Å². The lowest BCUT2D eigenvalue weighted by molar-refractivity contribution is -0.122. The van der Waals surface area contributed by atoms with Gasteiger partial charge in [-0.1, -0.05) is 43.3 Å². The number of rotatable bonds is 8. The van der Waals surface area contributed by atoms with E-state index in [-0.39, 0.29) is 18.3 Å². The van der Waals surface area contributed by atoms with Crippen molar-refractivity contribution in [1.82, 2.24) is 10.2 Å². The molecule has 0 radical (unpaired) electrons. The fraction of sp³-hybridized carbons (Fsp3) is 0.316. The first kappa shape index (κ1) is 18.1. The maximum Gasteiger partial charge on any atom is 0.234 e. The van der Waals surface area contributed by atoms with Gasteiger partial charge in [0.25, 0.3) is 0 Å². The van der Waals surface area contributed by atoms with Crippen LogP contribution in [0.25, 0.3) is 0 Å². The Bertz CT molecular complexity index is 641. The van der Waals surface area contributed by atoms with E-state index in [1.807, 2.05) is 36.1 Å². The summed E-state index contributed by atoms with van der Waals surface area (Å²) in [7, 11) is 0. The lowest BCUT2D eigenvalue weighted by atomic mass is 10.1. The highest BCUT2D eigenvalue weighted by atomic mass is 19.1. The maximum absolute atomic E-state index is 12.9. The van der Waals surface area contributed by atoms with E-state index < -0.39 is 0 Å². The van der Waals surface area contributed by atoms with Crippen molar-refractivity contribution in [3.63, 3.8) is 0 Å². The predicted molar refractivity (Wildman–Crippen MR) is 91.6 cm³/mol. The topological polar surface area (TPSA) is 52.6 Å². The van der Waals surface area contributed by atoms with E-state index in [2.05, 4.69) is 5.32 Å². The molecule has 2 aromatic rings. The van der Waals surface area contributed by atoms with Crippen LogP contribution in [-0.2, 0) is 24.5 Å². The summed E-state index contributed by atoms with van der Waals surface area (Å²) in [5.41, 5.74) is 2.84. The molecule has 0 aliphatic heterocycles. The maximum atomic E-state index is 12.9. The second kappa shape index (κ2) is 9.15. The van der Waals surface area contributed by atoms with E-state index in [9.17, 15) is 9.18 Å². The first-order chi connectivity index (χ1) is 11.6. The first-order valence-electron chi connectivity index (χ1n) is 8.03. The molecule has 0 aliphatic rings. The molecule has 0 aliphatic carbocycles. The van der Waals surface area contributed by atoms with Gasteiger partial charge in [-0.3, -0.25) is 9.69 Å². The molecule has 2 aromatic carbocycles. The predicted octanol–water partition coefficient (Wildman–Crippen LogP) is 2.46. The third kappa shape index (κ3) is 5.76. The second-order valence-electron chi connectivity index (χ2n) is 5.68. The van der Waals surface area contributed by atoms with Crippen molar-refractivity contribution in [1.29, 1.82) is 0 Å². The Kier molecular flexibility index (Phi) is 6.90. The first-order valence-corrected chi connectivity index (χ1v) is 8.03. The monoisotopic (exact) mass is 330 g/mol. The Morgan fingerprint density at radius 1 is 1.04 bits per heavy atom. The van der Waals surface area contributed by atoms with E-state index in [0.29, 0.717) is 19.6 Å². The Morgan fingerprint density at radius 3 is 2.21 bits per heavy atom. The number of benzene rings is 2. The van der Waals surface area contributed by atoms with Gasteiger partial charge in [-0.05, 0) is 35.4 Å². The van der Waals surface area contributed by atoms with E-state index in [0.717, 1.165) is 23.2 Å². The summed E-state index contributed by atoms with van der Waals surface area (Å²) >= 11 is 0. The van der Waals surface area contributed by atoms with E-state index >= 15 is 0 Å². The number of hydrogen-bond donors (Lipinski definition) is 2. The normalized spacial score (nSPS) is 10.8. The van der Waals surface area contributed by atoms with Crippen molar-refractivity contribution in [2.24, 2.45) is 0 Å². The molecule has 0 fully saturated rings. The highest BCUT2D eigenvalue weighted by Gasteiger charge is 2.09. The van der Waals surface area contributed by atoms with Gasteiger partial charge in [-0.15, -0.1) is 0 Å². The fourth-order valence-corrected chi connectivity index (χ4v) is 2.35. The molecule has 24 heavy (non-hydrogen) atoms. The fourth-order valence-electron chi connectivity index (χ4n) is 2.35. The average molecular weight is 330 g/mol. The Balaban J connectivity index is 1.82. The average Bonchev–Trinajstić information content (AvgIpc) is 2.61. The molecule has 2 rings (SSSR count). The molecule has 0 bridgehead atoms. The van der Waals surface area contributed by atoms with Crippen molar-refractivity contribution in [2.45, 2.75) is 26.6 Å². The third-order valence-corrected chi connectivity index (χ3v) is 3.83. The van der Waals surface area contributed by atoms with Crippen molar-refractivity contribution < 1.29 is 14.3 Å².